The maximum absolute atomic E-state index is 13.6. The average molecular weight is 611 g/mol. The molecule has 0 aromatic heterocycles. The molecule has 232 valence electrons. The Balaban J connectivity index is 0.000000646. The standard InChI is InChI=1S/C26H29FN4O5.C2HF3O2/c1-4-26(24(34)36-3)21-20(22(32)31(23(21)33)14-16-8-6-5-7-9-16)19(29-26)15-30(2)25(35)28-18-12-10-17(27)11-13-18;3-2(4,5)1(6)7/h5-13,19-21,29H,4,14-15H2,1-3H3,(H,28,35);(H,6,7)/t19-,20+,21-,26-;/m1./s1. The van der Waals surface area contributed by atoms with E-state index in [0.29, 0.717) is 5.69 Å². The molecule has 0 radical (unpaired) electrons. The lowest BCUT2D eigenvalue weighted by Gasteiger charge is -2.32. The molecule has 2 heterocycles. The summed E-state index contributed by atoms with van der Waals surface area (Å²) in [7, 11) is 2.79. The summed E-state index contributed by atoms with van der Waals surface area (Å²) in [5.41, 5.74) is -0.194. The number of fused-ring (bicyclic) bond motifs is 1. The van der Waals surface area contributed by atoms with Crippen molar-refractivity contribution in [3.63, 3.8) is 0 Å². The molecule has 11 nitrogen and oxygen atoms in total. The van der Waals surface area contributed by atoms with Crippen LogP contribution < -0.4 is 10.6 Å². The Morgan fingerprint density at radius 1 is 1.07 bits per heavy atom. The zero-order chi connectivity index (χ0) is 32.1. The Hall–Kier alpha value is -4.53. The zero-order valence-electron chi connectivity index (χ0n) is 23.4. The summed E-state index contributed by atoms with van der Waals surface area (Å²) in [6, 6.07) is 13.3. The highest BCUT2D eigenvalue weighted by Crippen LogP contribution is 2.45. The van der Waals surface area contributed by atoms with Crippen molar-refractivity contribution < 1.29 is 51.4 Å². The molecule has 3 N–H and O–H groups in total. The first-order valence-corrected chi connectivity index (χ1v) is 13.0. The smallest absolute Gasteiger partial charge is 0.475 e. The van der Waals surface area contributed by atoms with Gasteiger partial charge >= 0.3 is 24.1 Å². The summed E-state index contributed by atoms with van der Waals surface area (Å²) in [5, 5.41) is 13.0. The molecule has 15 heteroatoms. The summed E-state index contributed by atoms with van der Waals surface area (Å²) < 4.78 is 50.0. The minimum absolute atomic E-state index is 0.0468. The van der Waals surface area contributed by atoms with E-state index in [1.54, 1.807) is 14.0 Å². The van der Waals surface area contributed by atoms with Crippen molar-refractivity contribution in [2.75, 3.05) is 26.0 Å². The highest BCUT2D eigenvalue weighted by atomic mass is 19.4. The third-order valence-corrected chi connectivity index (χ3v) is 7.30. The molecule has 0 spiro atoms. The predicted octanol–water partition coefficient (Wildman–Crippen LogP) is 3.02. The van der Waals surface area contributed by atoms with E-state index < -0.39 is 65.2 Å². The number of halogens is 4. The van der Waals surface area contributed by atoms with E-state index >= 15 is 0 Å². The molecule has 43 heavy (non-hydrogen) atoms. The first-order chi connectivity index (χ1) is 20.2. The largest absolute Gasteiger partial charge is 0.490 e. The number of esters is 1. The first-order valence-electron chi connectivity index (χ1n) is 13.0. The maximum atomic E-state index is 13.6. The second-order valence-corrected chi connectivity index (χ2v) is 9.94. The van der Waals surface area contributed by atoms with Crippen LogP contribution in [-0.2, 0) is 30.5 Å². The van der Waals surface area contributed by atoms with Crippen LogP contribution >= 0.6 is 0 Å². The molecular weight excluding hydrogens is 580 g/mol. The summed E-state index contributed by atoms with van der Waals surface area (Å²) in [4.78, 5) is 64.3. The van der Waals surface area contributed by atoms with Crippen LogP contribution in [0.25, 0.3) is 0 Å². The van der Waals surface area contributed by atoms with E-state index in [4.69, 9.17) is 14.6 Å². The molecule has 4 amide bonds. The predicted molar refractivity (Wildman–Crippen MR) is 143 cm³/mol. The molecule has 0 bridgehead atoms. The number of hydrogen-bond donors (Lipinski definition) is 3. The van der Waals surface area contributed by atoms with E-state index in [1.165, 1.54) is 41.2 Å². The number of benzene rings is 2. The number of carboxylic acid groups (broad SMARTS) is 1. The van der Waals surface area contributed by atoms with Crippen LogP contribution in [0.2, 0.25) is 0 Å². The Kier molecular flexibility index (Phi) is 10.1. The lowest BCUT2D eigenvalue weighted by molar-refractivity contribution is -0.192. The highest BCUT2D eigenvalue weighted by Gasteiger charge is 2.67. The van der Waals surface area contributed by atoms with Gasteiger partial charge in [0.15, 0.2) is 0 Å². The van der Waals surface area contributed by atoms with Crippen molar-refractivity contribution >= 4 is 35.5 Å². The Labute approximate surface area is 243 Å². The highest BCUT2D eigenvalue weighted by molar-refractivity contribution is 6.09. The lowest BCUT2D eigenvalue weighted by atomic mass is 9.78. The van der Waals surface area contributed by atoms with Crippen LogP contribution in [-0.4, -0.2) is 83.1 Å². The number of aliphatic carboxylic acids is 1. The number of nitrogens with zero attached hydrogens (tertiary/aromatic N) is 2. The fraction of sp³-hybridized carbons (Fsp3) is 0.393. The van der Waals surface area contributed by atoms with Gasteiger partial charge in [-0.15, -0.1) is 0 Å². The number of methoxy groups -OCH3 is 1. The second-order valence-electron chi connectivity index (χ2n) is 9.94. The van der Waals surface area contributed by atoms with E-state index in [9.17, 15) is 36.7 Å². The van der Waals surface area contributed by atoms with Gasteiger partial charge in [0.2, 0.25) is 11.8 Å². The van der Waals surface area contributed by atoms with Gasteiger partial charge in [0.25, 0.3) is 0 Å². The number of likely N-dealkylation sites (N-methyl/N-ethyl adjacent to an activating group) is 1. The van der Waals surface area contributed by atoms with Gasteiger partial charge in [-0.25, -0.2) is 14.0 Å². The molecule has 2 aliphatic rings. The van der Waals surface area contributed by atoms with Gasteiger partial charge in [0.1, 0.15) is 11.4 Å². The van der Waals surface area contributed by atoms with Gasteiger partial charge in [-0.05, 0) is 36.2 Å². The molecule has 0 aliphatic carbocycles. The van der Waals surface area contributed by atoms with Gasteiger partial charge in [-0.1, -0.05) is 37.3 Å². The average Bonchev–Trinajstić information content (AvgIpc) is 3.43. The molecule has 4 atom stereocenters. The molecule has 0 unspecified atom stereocenters. The quantitative estimate of drug-likeness (QED) is 0.247. The molecule has 2 aliphatic heterocycles. The number of likely N-dealkylation sites (tertiary alicyclic amines) is 1. The number of carboxylic acids is 1. The normalized spacial score (nSPS) is 22.8. The minimum atomic E-state index is -5.08. The van der Waals surface area contributed by atoms with E-state index in [0.717, 1.165) is 5.56 Å². The Bertz CT molecular complexity index is 1360. The Morgan fingerprint density at radius 3 is 2.16 bits per heavy atom. The number of nitrogens with one attached hydrogen (secondary N) is 2. The topological polar surface area (TPSA) is 145 Å². The monoisotopic (exact) mass is 610 g/mol. The van der Waals surface area contributed by atoms with Crippen molar-refractivity contribution in [1.82, 2.24) is 15.1 Å². The second kappa shape index (κ2) is 13.2. The van der Waals surface area contributed by atoms with E-state index in [1.807, 2.05) is 30.3 Å². The van der Waals surface area contributed by atoms with Gasteiger partial charge in [0.05, 0.1) is 25.5 Å². The molecule has 2 fully saturated rings. The van der Waals surface area contributed by atoms with Crippen molar-refractivity contribution in [2.24, 2.45) is 11.8 Å². The van der Waals surface area contributed by atoms with E-state index in [-0.39, 0.29) is 19.5 Å². The van der Waals surface area contributed by atoms with Crippen LogP contribution in [0.5, 0.6) is 0 Å². The number of carbonyl (C=O) groups excluding carboxylic acids is 4. The number of amides is 4. The van der Waals surface area contributed by atoms with Gasteiger partial charge in [0, 0.05) is 25.3 Å². The van der Waals surface area contributed by atoms with Gasteiger partial charge < -0.3 is 20.1 Å². The number of urea groups is 1. The summed E-state index contributed by atoms with van der Waals surface area (Å²) in [6.45, 7) is 1.90. The van der Waals surface area contributed by atoms with Crippen molar-refractivity contribution in [3.05, 3.63) is 66.0 Å². The van der Waals surface area contributed by atoms with Crippen molar-refractivity contribution in [3.8, 4) is 0 Å². The summed E-state index contributed by atoms with van der Waals surface area (Å²) in [6.07, 6.45) is -4.86. The van der Waals surface area contributed by atoms with Crippen LogP contribution in [0.15, 0.2) is 54.6 Å². The van der Waals surface area contributed by atoms with Gasteiger partial charge in [-0.2, -0.15) is 13.2 Å². The molecule has 2 aromatic carbocycles. The number of imide groups is 1. The first kappa shape index (κ1) is 33.0. The number of alkyl halides is 3. The fourth-order valence-corrected chi connectivity index (χ4v) is 5.23. The van der Waals surface area contributed by atoms with Crippen molar-refractivity contribution in [2.45, 2.75) is 37.6 Å². The molecule has 2 aromatic rings. The summed E-state index contributed by atoms with van der Waals surface area (Å²) in [5.74, 6) is -6.43. The van der Waals surface area contributed by atoms with Gasteiger partial charge in [-0.3, -0.25) is 24.6 Å². The molecular formula is C28H30F4N4O7. The number of carbonyl (C=O) groups is 5. The molecule has 0 saturated carbocycles. The zero-order valence-corrected chi connectivity index (χ0v) is 23.4. The fourth-order valence-electron chi connectivity index (χ4n) is 5.23. The maximum Gasteiger partial charge on any atom is 0.490 e. The number of anilines is 1. The Morgan fingerprint density at radius 2 is 1.65 bits per heavy atom. The van der Waals surface area contributed by atoms with Crippen LogP contribution in [0.1, 0.15) is 18.9 Å². The van der Waals surface area contributed by atoms with Crippen LogP contribution in [0.4, 0.5) is 28.0 Å². The van der Waals surface area contributed by atoms with Crippen molar-refractivity contribution in [1.29, 1.82) is 0 Å². The van der Waals surface area contributed by atoms with E-state index in [2.05, 4.69) is 10.6 Å². The molecule has 2 saturated heterocycles. The molecule has 4 rings (SSSR count). The number of hydrogen-bond acceptors (Lipinski definition) is 7. The summed E-state index contributed by atoms with van der Waals surface area (Å²) >= 11 is 0. The third kappa shape index (κ3) is 7.10. The number of rotatable bonds is 7. The lowest BCUT2D eigenvalue weighted by Crippen LogP contribution is -2.58. The SMILES string of the molecule is CC[C@@]1(C(=O)OC)N[C@H](CN(C)C(=O)Nc2ccc(F)cc2)[C@@H]2C(=O)N(Cc3ccccc3)C(=O)[C@@H]21.O=C(O)C(F)(F)F. The van der Waals surface area contributed by atoms with Crippen LogP contribution in [0.3, 0.4) is 0 Å². The third-order valence-electron chi connectivity index (χ3n) is 7.30. The van der Waals surface area contributed by atoms with Crippen LogP contribution in [0, 0.1) is 17.7 Å². The number of ether oxygens (including phenoxy) is 1. The minimum Gasteiger partial charge on any atom is -0.475 e.